The molecule has 0 radical (unpaired) electrons. The van der Waals surface area contributed by atoms with Crippen molar-refractivity contribution in [3.8, 4) is 0 Å². The third kappa shape index (κ3) is 5.43. The number of amidine groups is 2. The minimum Gasteiger partial charge on any atom is -0.463 e. The summed E-state index contributed by atoms with van der Waals surface area (Å²) in [5.74, 6) is 1.78. The van der Waals surface area contributed by atoms with E-state index in [4.69, 9.17) is 9.47 Å². The van der Waals surface area contributed by atoms with Crippen molar-refractivity contribution in [1.29, 1.82) is 0 Å². The van der Waals surface area contributed by atoms with Crippen molar-refractivity contribution in [3.63, 3.8) is 0 Å². The number of rotatable bonds is 6. The zero-order chi connectivity index (χ0) is 18.3. The van der Waals surface area contributed by atoms with E-state index >= 15 is 0 Å². The van der Waals surface area contributed by atoms with Gasteiger partial charge < -0.3 is 9.47 Å². The number of ether oxygens (including phenoxy) is 2. The molecule has 2 heterocycles. The van der Waals surface area contributed by atoms with Gasteiger partial charge in [-0.2, -0.15) is 0 Å². The van der Waals surface area contributed by atoms with Crippen LogP contribution in [0.1, 0.15) is 0 Å². The lowest BCUT2D eigenvalue weighted by Gasteiger charge is -2.04. The van der Waals surface area contributed by atoms with Crippen LogP contribution in [0, 0.1) is 0 Å². The maximum Gasteiger partial charge on any atom is 0.293 e. The highest BCUT2D eigenvalue weighted by atomic mass is 32.2. The number of hydrogen-bond donors (Lipinski definition) is 1. The number of nitrogens with one attached hydrogen (secondary N) is 1. The number of aliphatic imine (C=N–C) groups is 2. The van der Waals surface area contributed by atoms with Crippen LogP contribution in [-0.4, -0.2) is 48.8 Å². The molecular weight excluding hydrogens is 378 g/mol. The average Bonchev–Trinajstić information content (AvgIpc) is 3.36. The molecule has 0 aliphatic carbocycles. The summed E-state index contributed by atoms with van der Waals surface area (Å²) in [5.41, 5.74) is 0. The van der Waals surface area contributed by atoms with E-state index < -0.39 is 0 Å². The van der Waals surface area contributed by atoms with E-state index in [-0.39, 0.29) is 12.1 Å². The van der Waals surface area contributed by atoms with Crippen LogP contribution in [0.2, 0.25) is 0 Å². The summed E-state index contributed by atoms with van der Waals surface area (Å²) < 4.78 is 11.3. The Bertz CT molecular complexity index is 732. The maximum absolute atomic E-state index is 5.64. The third-order valence-electron chi connectivity index (χ3n) is 4.01. The lowest BCUT2D eigenvalue weighted by molar-refractivity contribution is 0.297. The second-order valence-electron chi connectivity index (χ2n) is 6.17. The molecule has 2 unspecified atom stereocenters. The molecule has 2 aromatic carbocycles. The van der Waals surface area contributed by atoms with E-state index in [1.165, 1.54) is 9.79 Å². The zero-order valence-corrected chi connectivity index (χ0v) is 16.4. The van der Waals surface area contributed by atoms with Crippen molar-refractivity contribution in [2.24, 2.45) is 9.98 Å². The molecule has 4 rings (SSSR count). The lowest BCUT2D eigenvalue weighted by atomic mass is 10.4. The number of nitrogens with zero attached hydrogens (tertiary/aromatic N) is 2. The molecule has 2 aliphatic heterocycles. The summed E-state index contributed by atoms with van der Waals surface area (Å²) in [4.78, 5) is 11.7. The van der Waals surface area contributed by atoms with Crippen LogP contribution in [0.5, 0.6) is 0 Å². The first-order valence-electron chi connectivity index (χ1n) is 8.89. The van der Waals surface area contributed by atoms with E-state index in [9.17, 15) is 0 Å². The van der Waals surface area contributed by atoms with Gasteiger partial charge in [0, 0.05) is 21.3 Å². The van der Waals surface area contributed by atoms with Crippen molar-refractivity contribution in [1.82, 2.24) is 5.32 Å². The molecule has 1 N–H and O–H groups in total. The first-order valence-corrected chi connectivity index (χ1v) is 10.9. The Morgan fingerprint density at radius 1 is 0.741 bits per heavy atom. The largest absolute Gasteiger partial charge is 0.463 e. The summed E-state index contributed by atoms with van der Waals surface area (Å²) in [5, 5.41) is 3.07. The standard InChI is InChI=1S/C20H21N3O2S2/c1-3-7-17(8-4-1)26-13-15-11-24-19(21-15)23-20-22-16(12-25-20)14-27-18-9-5-2-6-10-18/h1-10,15-16H,11-14H2,(H,21,22,23). The number of hydrogen-bond acceptors (Lipinski definition) is 7. The van der Waals surface area contributed by atoms with Crippen LogP contribution in [0.3, 0.4) is 0 Å². The Labute approximate surface area is 167 Å². The SMILES string of the molecule is c1ccc(SCC2COC(NC3=NC(CSc4ccccc4)CO3)=N2)cc1. The van der Waals surface area contributed by atoms with Gasteiger partial charge in [-0.1, -0.05) is 36.4 Å². The molecule has 2 atom stereocenters. The topological polar surface area (TPSA) is 55.2 Å². The summed E-state index contributed by atoms with van der Waals surface area (Å²) in [6.45, 7) is 1.17. The van der Waals surface area contributed by atoms with Crippen molar-refractivity contribution in [3.05, 3.63) is 60.7 Å². The molecular formula is C20H21N3O2S2. The molecule has 0 saturated carbocycles. The van der Waals surface area contributed by atoms with Crippen molar-refractivity contribution in [2.75, 3.05) is 24.7 Å². The summed E-state index contributed by atoms with van der Waals surface area (Å²) in [6.07, 6.45) is 0. The van der Waals surface area contributed by atoms with E-state index in [0.717, 1.165) is 11.5 Å². The molecule has 0 fully saturated rings. The maximum atomic E-state index is 5.64. The Balaban J connectivity index is 1.23. The molecule has 27 heavy (non-hydrogen) atoms. The minimum atomic E-state index is 0.143. The molecule has 0 amide bonds. The Hall–Kier alpha value is -2.12. The van der Waals surface area contributed by atoms with Gasteiger partial charge in [-0.15, -0.1) is 23.5 Å². The smallest absolute Gasteiger partial charge is 0.293 e. The van der Waals surface area contributed by atoms with E-state index in [0.29, 0.717) is 25.3 Å². The van der Waals surface area contributed by atoms with Gasteiger partial charge in [-0.25, -0.2) is 9.98 Å². The fourth-order valence-corrected chi connectivity index (χ4v) is 4.46. The first kappa shape index (κ1) is 18.3. The minimum absolute atomic E-state index is 0.143. The quantitative estimate of drug-likeness (QED) is 0.751. The Kier molecular flexibility index (Phi) is 6.21. The molecule has 7 heteroatoms. The Morgan fingerprint density at radius 3 is 1.63 bits per heavy atom. The highest BCUT2D eigenvalue weighted by Gasteiger charge is 2.24. The predicted molar refractivity (Wildman–Crippen MR) is 112 cm³/mol. The molecule has 2 aliphatic rings. The van der Waals surface area contributed by atoms with Gasteiger partial charge >= 0.3 is 0 Å². The molecule has 0 bridgehead atoms. The monoisotopic (exact) mass is 399 g/mol. The molecule has 140 valence electrons. The van der Waals surface area contributed by atoms with Crippen LogP contribution < -0.4 is 5.32 Å². The zero-order valence-electron chi connectivity index (χ0n) is 14.8. The van der Waals surface area contributed by atoms with Crippen LogP contribution >= 0.6 is 23.5 Å². The normalized spacial score (nSPS) is 21.2. The van der Waals surface area contributed by atoms with Gasteiger partial charge in [0.05, 0.1) is 12.1 Å². The summed E-state index contributed by atoms with van der Waals surface area (Å²) in [6, 6.07) is 22.0. The van der Waals surface area contributed by atoms with E-state index in [2.05, 4.69) is 39.6 Å². The van der Waals surface area contributed by atoms with Gasteiger partial charge in [0.2, 0.25) is 0 Å². The van der Waals surface area contributed by atoms with Gasteiger partial charge in [0.25, 0.3) is 12.0 Å². The van der Waals surface area contributed by atoms with E-state index in [1.54, 1.807) is 23.5 Å². The second kappa shape index (κ2) is 9.19. The number of thioether (sulfide) groups is 2. The molecule has 0 spiro atoms. The van der Waals surface area contributed by atoms with Crippen LogP contribution in [0.25, 0.3) is 0 Å². The highest BCUT2D eigenvalue weighted by Crippen LogP contribution is 2.22. The van der Waals surface area contributed by atoms with Gasteiger partial charge in [0.1, 0.15) is 13.2 Å². The second-order valence-corrected chi connectivity index (χ2v) is 8.36. The third-order valence-corrected chi connectivity index (χ3v) is 6.32. The highest BCUT2D eigenvalue weighted by molar-refractivity contribution is 7.99. The van der Waals surface area contributed by atoms with Gasteiger partial charge in [-0.05, 0) is 24.3 Å². The number of benzene rings is 2. The molecule has 5 nitrogen and oxygen atoms in total. The van der Waals surface area contributed by atoms with Crippen LogP contribution in [-0.2, 0) is 9.47 Å². The first-order chi connectivity index (χ1) is 13.3. The molecule has 0 aromatic heterocycles. The fourth-order valence-electron chi connectivity index (χ4n) is 2.65. The molecule has 0 saturated heterocycles. The Morgan fingerprint density at radius 2 is 1.19 bits per heavy atom. The molecule has 2 aromatic rings. The lowest BCUT2D eigenvalue weighted by Crippen LogP contribution is -2.30. The van der Waals surface area contributed by atoms with Gasteiger partial charge in [-0.3, -0.25) is 5.32 Å². The van der Waals surface area contributed by atoms with Crippen LogP contribution in [0.4, 0.5) is 0 Å². The van der Waals surface area contributed by atoms with Gasteiger partial charge in [0.15, 0.2) is 0 Å². The summed E-state index contributed by atoms with van der Waals surface area (Å²) >= 11 is 3.58. The van der Waals surface area contributed by atoms with Crippen molar-refractivity contribution < 1.29 is 9.47 Å². The van der Waals surface area contributed by atoms with Crippen molar-refractivity contribution in [2.45, 2.75) is 21.9 Å². The van der Waals surface area contributed by atoms with Crippen LogP contribution in [0.15, 0.2) is 80.4 Å². The van der Waals surface area contributed by atoms with Crippen molar-refractivity contribution >= 4 is 35.6 Å². The predicted octanol–water partition coefficient (Wildman–Crippen LogP) is 3.67. The fraction of sp³-hybridized carbons (Fsp3) is 0.300. The van der Waals surface area contributed by atoms with E-state index in [1.807, 2.05) is 36.4 Å². The summed E-state index contributed by atoms with van der Waals surface area (Å²) in [7, 11) is 0. The average molecular weight is 400 g/mol.